The highest BCUT2D eigenvalue weighted by Gasteiger charge is 2.26. The normalized spacial score (nSPS) is 13.5. The summed E-state index contributed by atoms with van der Waals surface area (Å²) >= 11 is 0. The Kier molecular flexibility index (Phi) is 5.23. The third-order valence-electron chi connectivity index (χ3n) is 4.17. The van der Waals surface area contributed by atoms with Gasteiger partial charge < -0.3 is 14.5 Å². The summed E-state index contributed by atoms with van der Waals surface area (Å²) in [5.41, 5.74) is 2.87. The molecule has 0 atom stereocenters. The van der Waals surface area contributed by atoms with Crippen LogP contribution >= 0.6 is 0 Å². The molecular formula is C18H23N5O2. The lowest BCUT2D eigenvalue weighted by Crippen LogP contribution is -2.39. The van der Waals surface area contributed by atoms with Gasteiger partial charge in [0.15, 0.2) is 5.82 Å². The molecule has 2 aromatic rings. The number of ether oxygens (including phenoxy) is 1. The minimum atomic E-state index is 0.000410. The van der Waals surface area contributed by atoms with E-state index in [0.717, 1.165) is 29.1 Å². The van der Waals surface area contributed by atoms with Gasteiger partial charge in [-0.15, -0.1) is 0 Å². The Hall–Kier alpha value is -2.54. The van der Waals surface area contributed by atoms with E-state index in [9.17, 15) is 4.79 Å². The van der Waals surface area contributed by atoms with Gasteiger partial charge in [-0.3, -0.25) is 9.78 Å². The van der Waals surface area contributed by atoms with E-state index in [1.807, 2.05) is 38.1 Å². The van der Waals surface area contributed by atoms with Gasteiger partial charge in [-0.1, -0.05) is 0 Å². The fourth-order valence-corrected chi connectivity index (χ4v) is 2.90. The van der Waals surface area contributed by atoms with Crippen LogP contribution in [0.15, 0.2) is 24.5 Å². The van der Waals surface area contributed by atoms with Crippen molar-refractivity contribution < 1.29 is 9.53 Å². The highest BCUT2D eigenvalue weighted by atomic mass is 16.5. The fourth-order valence-electron chi connectivity index (χ4n) is 2.90. The number of rotatable bonds is 5. The number of pyridine rings is 1. The Morgan fingerprint density at radius 2 is 2.20 bits per heavy atom. The second-order valence-corrected chi connectivity index (χ2v) is 6.13. The first-order valence-corrected chi connectivity index (χ1v) is 8.43. The molecule has 0 saturated heterocycles. The highest BCUT2D eigenvalue weighted by molar-refractivity contribution is 5.78. The highest BCUT2D eigenvalue weighted by Crippen LogP contribution is 2.28. The Balaban J connectivity index is 1.94. The first-order valence-electron chi connectivity index (χ1n) is 8.43. The molecule has 132 valence electrons. The number of hydrogen-bond acceptors (Lipinski definition) is 6. The molecule has 2 aromatic heterocycles. The number of carbonyl (C=O) groups is 1. The zero-order valence-electron chi connectivity index (χ0n) is 14.9. The van der Waals surface area contributed by atoms with E-state index < -0.39 is 0 Å². The second-order valence-electron chi connectivity index (χ2n) is 6.13. The number of fused-ring (bicyclic) bond motifs is 1. The molecule has 0 fully saturated rings. The monoisotopic (exact) mass is 341 g/mol. The summed E-state index contributed by atoms with van der Waals surface area (Å²) in [5.74, 6) is 1.54. The predicted octanol–water partition coefficient (Wildman–Crippen LogP) is 1.53. The van der Waals surface area contributed by atoms with Crippen molar-refractivity contribution in [1.29, 1.82) is 0 Å². The van der Waals surface area contributed by atoms with E-state index in [-0.39, 0.29) is 12.5 Å². The Labute approximate surface area is 147 Å². The topological polar surface area (TPSA) is 71.5 Å². The molecule has 0 radical (unpaired) electrons. The number of anilines is 1. The van der Waals surface area contributed by atoms with Crippen molar-refractivity contribution in [3.8, 4) is 11.4 Å². The van der Waals surface area contributed by atoms with Crippen molar-refractivity contribution in [2.75, 3.05) is 38.8 Å². The number of hydrogen-bond donors (Lipinski definition) is 0. The summed E-state index contributed by atoms with van der Waals surface area (Å²) in [6.07, 6.45) is 4.22. The van der Waals surface area contributed by atoms with Crippen molar-refractivity contribution in [3.63, 3.8) is 0 Å². The first-order chi connectivity index (χ1) is 12.1. The molecule has 0 unspecified atom stereocenters. The van der Waals surface area contributed by atoms with Gasteiger partial charge in [0.25, 0.3) is 0 Å². The minimum Gasteiger partial charge on any atom is -0.372 e. The lowest BCUT2D eigenvalue weighted by atomic mass is 10.0. The summed E-state index contributed by atoms with van der Waals surface area (Å²) in [7, 11) is 3.95. The average molecular weight is 341 g/mol. The van der Waals surface area contributed by atoms with Gasteiger partial charge in [-0.05, 0) is 25.5 Å². The third-order valence-corrected chi connectivity index (χ3v) is 4.17. The first kappa shape index (κ1) is 17.3. The van der Waals surface area contributed by atoms with Gasteiger partial charge in [0, 0.05) is 50.8 Å². The van der Waals surface area contributed by atoms with Gasteiger partial charge in [0.2, 0.25) is 5.91 Å². The lowest BCUT2D eigenvalue weighted by molar-refractivity contribution is -0.137. The Morgan fingerprint density at radius 1 is 1.36 bits per heavy atom. The maximum absolute atomic E-state index is 12.3. The largest absolute Gasteiger partial charge is 0.372 e. The zero-order valence-corrected chi connectivity index (χ0v) is 14.9. The molecule has 1 aliphatic rings. The summed E-state index contributed by atoms with van der Waals surface area (Å²) in [6.45, 7) is 3.68. The molecule has 0 saturated carbocycles. The van der Waals surface area contributed by atoms with Gasteiger partial charge in [0.05, 0.1) is 12.2 Å². The Morgan fingerprint density at radius 3 is 2.88 bits per heavy atom. The average Bonchev–Trinajstić information content (AvgIpc) is 2.65. The standard InChI is InChI=1S/C18H23N5O2/c1-4-25-12-16(24)23-9-7-14-15(11-23)20-17(21-18(14)22(2)3)13-6-5-8-19-10-13/h5-6,8,10H,4,7,9,11-12H2,1-3H3. The zero-order chi connectivity index (χ0) is 17.8. The van der Waals surface area contributed by atoms with E-state index >= 15 is 0 Å². The van der Waals surface area contributed by atoms with E-state index in [2.05, 4.69) is 4.98 Å². The van der Waals surface area contributed by atoms with Crippen molar-refractivity contribution in [2.45, 2.75) is 19.9 Å². The SMILES string of the molecule is CCOCC(=O)N1CCc2c(nc(-c3cccnc3)nc2N(C)C)C1. The van der Waals surface area contributed by atoms with E-state index in [4.69, 9.17) is 14.7 Å². The van der Waals surface area contributed by atoms with Gasteiger partial charge in [-0.25, -0.2) is 9.97 Å². The molecule has 0 spiro atoms. The lowest BCUT2D eigenvalue weighted by Gasteiger charge is -2.30. The molecule has 0 aliphatic carbocycles. The molecule has 0 aromatic carbocycles. The number of aromatic nitrogens is 3. The van der Waals surface area contributed by atoms with Crippen LogP contribution < -0.4 is 4.90 Å². The summed E-state index contributed by atoms with van der Waals surface area (Å²) in [6, 6.07) is 3.81. The fraction of sp³-hybridized carbons (Fsp3) is 0.444. The minimum absolute atomic E-state index is 0.000410. The van der Waals surface area contributed by atoms with Crippen molar-refractivity contribution in [3.05, 3.63) is 35.8 Å². The predicted molar refractivity (Wildman–Crippen MR) is 95.2 cm³/mol. The van der Waals surface area contributed by atoms with Crippen LogP contribution in [0.25, 0.3) is 11.4 Å². The molecular weight excluding hydrogens is 318 g/mol. The van der Waals surface area contributed by atoms with Crippen LogP contribution in [0.2, 0.25) is 0 Å². The quantitative estimate of drug-likeness (QED) is 0.821. The van der Waals surface area contributed by atoms with E-state index in [1.54, 1.807) is 17.3 Å². The van der Waals surface area contributed by atoms with E-state index in [0.29, 0.717) is 25.5 Å². The molecule has 3 rings (SSSR count). The van der Waals surface area contributed by atoms with E-state index in [1.165, 1.54) is 0 Å². The molecule has 25 heavy (non-hydrogen) atoms. The summed E-state index contributed by atoms with van der Waals surface area (Å²) in [5, 5.41) is 0. The number of carbonyl (C=O) groups excluding carboxylic acids is 1. The second kappa shape index (κ2) is 7.57. The number of nitrogens with zero attached hydrogens (tertiary/aromatic N) is 5. The van der Waals surface area contributed by atoms with Crippen LogP contribution in [-0.4, -0.2) is 59.6 Å². The van der Waals surface area contributed by atoms with Crippen molar-refractivity contribution in [1.82, 2.24) is 19.9 Å². The van der Waals surface area contributed by atoms with Crippen molar-refractivity contribution >= 4 is 11.7 Å². The number of amides is 1. The molecule has 0 bridgehead atoms. The summed E-state index contributed by atoms with van der Waals surface area (Å²) in [4.78, 5) is 29.7. The van der Waals surface area contributed by atoms with Crippen LogP contribution in [0, 0.1) is 0 Å². The molecule has 7 nitrogen and oxygen atoms in total. The summed E-state index contributed by atoms with van der Waals surface area (Å²) < 4.78 is 5.25. The smallest absolute Gasteiger partial charge is 0.248 e. The maximum Gasteiger partial charge on any atom is 0.248 e. The van der Waals surface area contributed by atoms with Gasteiger partial charge in [0.1, 0.15) is 12.4 Å². The van der Waals surface area contributed by atoms with Crippen LogP contribution in [0.5, 0.6) is 0 Å². The van der Waals surface area contributed by atoms with Gasteiger partial charge in [-0.2, -0.15) is 0 Å². The van der Waals surface area contributed by atoms with Crippen LogP contribution in [0.3, 0.4) is 0 Å². The van der Waals surface area contributed by atoms with Crippen LogP contribution in [-0.2, 0) is 22.5 Å². The molecule has 0 N–H and O–H groups in total. The van der Waals surface area contributed by atoms with Gasteiger partial charge >= 0.3 is 0 Å². The van der Waals surface area contributed by atoms with Crippen molar-refractivity contribution in [2.24, 2.45) is 0 Å². The maximum atomic E-state index is 12.3. The van der Waals surface area contributed by atoms with Crippen LogP contribution in [0.1, 0.15) is 18.2 Å². The molecule has 7 heteroatoms. The molecule has 1 aliphatic heterocycles. The Bertz CT molecular complexity index is 749. The third kappa shape index (κ3) is 3.76. The molecule has 1 amide bonds. The van der Waals surface area contributed by atoms with Crippen LogP contribution in [0.4, 0.5) is 5.82 Å². The molecule has 3 heterocycles.